The summed E-state index contributed by atoms with van der Waals surface area (Å²) in [4.78, 5) is 8.60. The zero-order chi connectivity index (χ0) is 12.5. The van der Waals surface area contributed by atoms with Crippen molar-refractivity contribution in [2.45, 2.75) is 0 Å². The van der Waals surface area contributed by atoms with E-state index in [9.17, 15) is 0 Å². The molecule has 2 aromatic rings. The van der Waals surface area contributed by atoms with Crippen LogP contribution in [-0.2, 0) is 0 Å². The van der Waals surface area contributed by atoms with Crippen LogP contribution in [0.5, 0.6) is 0 Å². The molecule has 0 unspecified atom stereocenters. The van der Waals surface area contributed by atoms with Crippen LogP contribution >= 0.6 is 0 Å². The maximum atomic E-state index is 4.10. The van der Waals surface area contributed by atoms with E-state index >= 15 is 0 Å². The van der Waals surface area contributed by atoms with Gasteiger partial charge in [0.25, 0.3) is 0 Å². The van der Waals surface area contributed by atoms with E-state index in [0.717, 1.165) is 18.0 Å². The third-order valence-corrected chi connectivity index (χ3v) is 3.28. The van der Waals surface area contributed by atoms with Crippen LogP contribution in [0.2, 0.25) is 0 Å². The van der Waals surface area contributed by atoms with Crippen LogP contribution in [0, 0.1) is 0 Å². The van der Waals surface area contributed by atoms with Gasteiger partial charge in [-0.05, 0) is 31.0 Å². The van der Waals surface area contributed by atoms with E-state index in [1.165, 1.54) is 11.4 Å². The lowest BCUT2D eigenvalue weighted by Crippen LogP contribution is -2.23. The Bertz CT molecular complexity index is 592. The smallest absolute Gasteiger partial charge is 0.0951 e. The molecule has 0 spiro atoms. The minimum atomic E-state index is 0.839. The molecule has 3 rings (SSSR count). The number of rotatable bonds is 2. The molecule has 90 valence electrons. The Kier molecular flexibility index (Phi) is 2.52. The molecule has 3 nitrogen and oxygen atoms in total. The molecule has 2 aromatic carbocycles. The Labute approximate surface area is 107 Å². The van der Waals surface area contributed by atoms with Gasteiger partial charge in [-0.15, -0.1) is 0 Å². The van der Waals surface area contributed by atoms with Crippen LogP contribution in [0.3, 0.4) is 0 Å². The van der Waals surface area contributed by atoms with E-state index in [1.807, 2.05) is 18.2 Å². The molecule has 18 heavy (non-hydrogen) atoms. The Morgan fingerprint density at radius 3 is 2.28 bits per heavy atom. The summed E-state index contributed by atoms with van der Waals surface area (Å²) in [6.07, 6.45) is 0. The maximum absolute atomic E-state index is 4.10. The SMILES string of the molecule is C=Nc1ccccc1N1CN(C)c2ccccc21. The summed E-state index contributed by atoms with van der Waals surface area (Å²) < 4.78 is 0. The lowest BCUT2D eigenvalue weighted by atomic mass is 10.2. The first-order valence-electron chi connectivity index (χ1n) is 5.95. The lowest BCUT2D eigenvalue weighted by Gasteiger charge is -2.20. The van der Waals surface area contributed by atoms with Gasteiger partial charge in [0.2, 0.25) is 0 Å². The molecule has 3 heteroatoms. The largest absolute Gasteiger partial charge is 0.355 e. The molecule has 0 aromatic heterocycles. The average Bonchev–Trinajstić information content (AvgIpc) is 2.77. The average molecular weight is 237 g/mol. The summed E-state index contributed by atoms with van der Waals surface area (Å²) in [5.41, 5.74) is 4.49. The van der Waals surface area contributed by atoms with Crippen molar-refractivity contribution in [1.82, 2.24) is 0 Å². The zero-order valence-corrected chi connectivity index (χ0v) is 10.4. The van der Waals surface area contributed by atoms with Crippen LogP contribution in [0.25, 0.3) is 0 Å². The normalized spacial score (nSPS) is 13.6. The first kappa shape index (κ1) is 10.8. The highest BCUT2D eigenvalue weighted by Gasteiger charge is 2.24. The van der Waals surface area contributed by atoms with Gasteiger partial charge in [-0.3, -0.25) is 4.99 Å². The number of hydrogen-bond acceptors (Lipinski definition) is 3. The van der Waals surface area contributed by atoms with Crippen molar-refractivity contribution < 1.29 is 0 Å². The standard InChI is InChI=1S/C15H15N3/c1-16-12-7-3-4-8-13(12)18-11-17(2)14-9-5-6-10-15(14)18/h3-10H,1,11H2,2H3. The van der Waals surface area contributed by atoms with Gasteiger partial charge < -0.3 is 9.80 Å². The van der Waals surface area contributed by atoms with Crippen LogP contribution < -0.4 is 9.80 Å². The molecule has 0 saturated heterocycles. The van der Waals surface area contributed by atoms with Gasteiger partial charge in [0.15, 0.2) is 0 Å². The number of hydrogen-bond donors (Lipinski definition) is 0. The van der Waals surface area contributed by atoms with Crippen molar-refractivity contribution in [2.24, 2.45) is 4.99 Å². The van der Waals surface area contributed by atoms with Crippen LogP contribution in [-0.4, -0.2) is 20.4 Å². The predicted octanol–water partition coefficient (Wildman–Crippen LogP) is 3.56. The number of anilines is 3. The highest BCUT2D eigenvalue weighted by molar-refractivity contribution is 5.86. The predicted molar refractivity (Wildman–Crippen MR) is 77.5 cm³/mol. The molecule has 0 saturated carbocycles. The molecule has 0 fully saturated rings. The minimum absolute atomic E-state index is 0.839. The third kappa shape index (κ3) is 1.56. The second-order valence-corrected chi connectivity index (χ2v) is 4.40. The molecular weight excluding hydrogens is 222 g/mol. The van der Waals surface area contributed by atoms with Gasteiger partial charge in [-0.1, -0.05) is 24.3 Å². The van der Waals surface area contributed by atoms with E-state index in [2.05, 4.69) is 58.9 Å². The minimum Gasteiger partial charge on any atom is -0.355 e. The molecule has 0 bridgehead atoms. The number of fused-ring (bicyclic) bond motifs is 1. The molecule has 1 aliphatic rings. The summed E-state index contributed by atoms with van der Waals surface area (Å²) >= 11 is 0. The van der Waals surface area contributed by atoms with Gasteiger partial charge in [0.05, 0.1) is 29.4 Å². The van der Waals surface area contributed by atoms with Crippen molar-refractivity contribution in [3.63, 3.8) is 0 Å². The fraction of sp³-hybridized carbons (Fsp3) is 0.133. The first-order valence-corrected chi connectivity index (χ1v) is 5.95. The molecule has 0 amide bonds. The van der Waals surface area contributed by atoms with E-state index in [1.54, 1.807) is 0 Å². The zero-order valence-electron chi connectivity index (χ0n) is 10.4. The highest BCUT2D eigenvalue weighted by Crippen LogP contribution is 2.42. The second kappa shape index (κ2) is 4.18. The summed E-state index contributed by atoms with van der Waals surface area (Å²) in [5, 5.41) is 0. The van der Waals surface area contributed by atoms with E-state index in [-0.39, 0.29) is 0 Å². The van der Waals surface area contributed by atoms with E-state index in [0.29, 0.717) is 0 Å². The fourth-order valence-corrected chi connectivity index (χ4v) is 2.41. The monoisotopic (exact) mass is 237 g/mol. The lowest BCUT2D eigenvalue weighted by molar-refractivity contribution is 0.950. The summed E-state index contributed by atoms with van der Waals surface area (Å²) in [7, 11) is 2.10. The summed E-state index contributed by atoms with van der Waals surface area (Å²) in [5.74, 6) is 0. The Morgan fingerprint density at radius 1 is 0.944 bits per heavy atom. The second-order valence-electron chi connectivity index (χ2n) is 4.40. The van der Waals surface area contributed by atoms with Crippen molar-refractivity contribution in [3.05, 3.63) is 48.5 Å². The van der Waals surface area contributed by atoms with E-state index in [4.69, 9.17) is 0 Å². The number of benzene rings is 2. The van der Waals surface area contributed by atoms with Crippen molar-refractivity contribution in [3.8, 4) is 0 Å². The molecule has 0 radical (unpaired) electrons. The Morgan fingerprint density at radius 2 is 1.56 bits per heavy atom. The molecule has 0 atom stereocenters. The van der Waals surface area contributed by atoms with Gasteiger partial charge in [0.1, 0.15) is 0 Å². The molecular formula is C15H15N3. The van der Waals surface area contributed by atoms with Crippen molar-refractivity contribution >= 4 is 29.5 Å². The Hall–Kier alpha value is -2.29. The maximum Gasteiger partial charge on any atom is 0.0951 e. The quantitative estimate of drug-likeness (QED) is 0.744. The van der Waals surface area contributed by atoms with Crippen LogP contribution in [0.4, 0.5) is 22.7 Å². The number of aliphatic imine (C=N–C) groups is 1. The van der Waals surface area contributed by atoms with E-state index < -0.39 is 0 Å². The van der Waals surface area contributed by atoms with Gasteiger partial charge >= 0.3 is 0 Å². The number of para-hydroxylation sites is 4. The van der Waals surface area contributed by atoms with Crippen LogP contribution in [0.1, 0.15) is 0 Å². The van der Waals surface area contributed by atoms with Crippen molar-refractivity contribution in [2.75, 3.05) is 23.5 Å². The van der Waals surface area contributed by atoms with Gasteiger partial charge in [0, 0.05) is 7.05 Å². The molecule has 0 aliphatic carbocycles. The topological polar surface area (TPSA) is 18.8 Å². The highest BCUT2D eigenvalue weighted by atomic mass is 15.4. The molecule has 0 N–H and O–H groups in total. The van der Waals surface area contributed by atoms with Crippen LogP contribution in [0.15, 0.2) is 53.5 Å². The molecule has 1 heterocycles. The summed E-state index contributed by atoms with van der Waals surface area (Å²) in [6, 6.07) is 16.5. The Balaban J connectivity index is 2.12. The first-order chi connectivity index (χ1) is 8.81. The number of nitrogens with zero attached hydrogens (tertiary/aromatic N) is 3. The molecule has 1 aliphatic heterocycles. The fourth-order valence-electron chi connectivity index (χ4n) is 2.41. The third-order valence-electron chi connectivity index (χ3n) is 3.28. The summed E-state index contributed by atoms with van der Waals surface area (Å²) in [6.45, 7) is 4.49. The van der Waals surface area contributed by atoms with Gasteiger partial charge in [-0.2, -0.15) is 0 Å². The van der Waals surface area contributed by atoms with Gasteiger partial charge in [-0.25, -0.2) is 0 Å². The van der Waals surface area contributed by atoms with Crippen molar-refractivity contribution in [1.29, 1.82) is 0 Å².